The van der Waals surface area contributed by atoms with Crippen LogP contribution in [-0.4, -0.2) is 11.7 Å². The summed E-state index contributed by atoms with van der Waals surface area (Å²) in [6, 6.07) is 10.0. The summed E-state index contributed by atoms with van der Waals surface area (Å²) in [7, 11) is 0. The molecule has 0 aliphatic heterocycles. The minimum Gasteiger partial charge on any atom is -0.385 e. The monoisotopic (exact) mass is 261 g/mol. The van der Waals surface area contributed by atoms with Crippen LogP contribution in [-0.2, 0) is 5.60 Å². The summed E-state index contributed by atoms with van der Waals surface area (Å²) in [5.74, 6) is 0.811. The summed E-state index contributed by atoms with van der Waals surface area (Å²) in [5.41, 5.74) is 6.09. The van der Waals surface area contributed by atoms with Crippen LogP contribution < -0.4 is 5.73 Å². The molecule has 2 rings (SSSR count). The average molecular weight is 261 g/mol. The van der Waals surface area contributed by atoms with Gasteiger partial charge in [-0.15, -0.1) is 0 Å². The average Bonchev–Trinajstić information content (AvgIpc) is 2.48. The molecule has 0 bridgehead atoms. The van der Waals surface area contributed by atoms with Crippen LogP contribution in [0.25, 0.3) is 0 Å². The second-order valence-electron chi connectivity index (χ2n) is 6.27. The zero-order chi connectivity index (χ0) is 13.9. The van der Waals surface area contributed by atoms with Crippen LogP contribution in [0.2, 0.25) is 0 Å². The SMILES string of the molecule is CCC1CCC(CN)(C(C)(O)c2ccccc2)CC1. The van der Waals surface area contributed by atoms with Crippen LogP contribution >= 0.6 is 0 Å². The summed E-state index contributed by atoms with van der Waals surface area (Å²) in [5, 5.41) is 11.1. The third-order valence-electron chi connectivity index (χ3n) is 5.40. The van der Waals surface area contributed by atoms with Crippen molar-refractivity contribution in [3.05, 3.63) is 35.9 Å². The van der Waals surface area contributed by atoms with Crippen LogP contribution in [0.15, 0.2) is 30.3 Å². The van der Waals surface area contributed by atoms with Crippen molar-refractivity contribution < 1.29 is 5.11 Å². The van der Waals surface area contributed by atoms with Crippen molar-refractivity contribution in [2.75, 3.05) is 6.54 Å². The topological polar surface area (TPSA) is 46.2 Å². The first-order valence-corrected chi connectivity index (χ1v) is 7.54. The molecule has 0 heterocycles. The van der Waals surface area contributed by atoms with E-state index in [1.54, 1.807) is 0 Å². The van der Waals surface area contributed by atoms with Crippen LogP contribution in [0.1, 0.15) is 51.5 Å². The molecule has 1 aromatic rings. The molecule has 1 fully saturated rings. The molecule has 19 heavy (non-hydrogen) atoms. The summed E-state index contributed by atoms with van der Waals surface area (Å²) in [6.45, 7) is 4.77. The van der Waals surface area contributed by atoms with Gasteiger partial charge in [0.2, 0.25) is 0 Å². The Kier molecular flexibility index (Phi) is 4.32. The van der Waals surface area contributed by atoms with Gasteiger partial charge in [0, 0.05) is 12.0 Å². The van der Waals surface area contributed by atoms with E-state index >= 15 is 0 Å². The van der Waals surface area contributed by atoms with Crippen LogP contribution in [0.5, 0.6) is 0 Å². The molecule has 106 valence electrons. The molecule has 1 aliphatic rings. The van der Waals surface area contributed by atoms with Crippen LogP contribution in [0.4, 0.5) is 0 Å². The van der Waals surface area contributed by atoms with E-state index in [9.17, 15) is 5.11 Å². The Labute approximate surface area is 117 Å². The van der Waals surface area contributed by atoms with E-state index in [0.29, 0.717) is 6.54 Å². The van der Waals surface area contributed by atoms with Crippen molar-refractivity contribution in [2.45, 2.75) is 51.6 Å². The summed E-state index contributed by atoms with van der Waals surface area (Å²) >= 11 is 0. The highest BCUT2D eigenvalue weighted by molar-refractivity contribution is 5.25. The molecule has 0 saturated heterocycles. The smallest absolute Gasteiger partial charge is 0.0936 e. The maximum Gasteiger partial charge on any atom is 0.0936 e. The Morgan fingerprint density at radius 3 is 2.32 bits per heavy atom. The molecule has 1 aromatic carbocycles. The lowest BCUT2D eigenvalue weighted by molar-refractivity contribution is -0.0981. The third kappa shape index (κ3) is 2.56. The van der Waals surface area contributed by atoms with Crippen molar-refractivity contribution in [3.8, 4) is 0 Å². The molecule has 2 nitrogen and oxygen atoms in total. The molecule has 1 atom stereocenters. The van der Waals surface area contributed by atoms with Gasteiger partial charge in [-0.05, 0) is 44.1 Å². The Balaban J connectivity index is 2.26. The van der Waals surface area contributed by atoms with Gasteiger partial charge < -0.3 is 10.8 Å². The summed E-state index contributed by atoms with van der Waals surface area (Å²) < 4.78 is 0. The predicted molar refractivity (Wildman–Crippen MR) is 79.7 cm³/mol. The number of benzene rings is 1. The lowest BCUT2D eigenvalue weighted by Gasteiger charge is -2.49. The summed E-state index contributed by atoms with van der Waals surface area (Å²) in [6.07, 6.45) is 5.69. The van der Waals surface area contributed by atoms with Crippen molar-refractivity contribution in [1.82, 2.24) is 0 Å². The van der Waals surface area contributed by atoms with Gasteiger partial charge in [0.05, 0.1) is 5.60 Å². The Hall–Kier alpha value is -0.860. The van der Waals surface area contributed by atoms with Crippen LogP contribution in [0.3, 0.4) is 0 Å². The number of hydrogen-bond donors (Lipinski definition) is 2. The van der Waals surface area contributed by atoms with Crippen LogP contribution in [0, 0.1) is 11.3 Å². The van der Waals surface area contributed by atoms with E-state index in [2.05, 4.69) is 6.92 Å². The number of aliphatic hydroxyl groups is 1. The van der Waals surface area contributed by atoms with E-state index in [4.69, 9.17) is 5.73 Å². The first-order chi connectivity index (χ1) is 9.05. The van der Waals surface area contributed by atoms with Crippen molar-refractivity contribution in [1.29, 1.82) is 0 Å². The number of hydrogen-bond acceptors (Lipinski definition) is 2. The van der Waals surface area contributed by atoms with Gasteiger partial charge in [-0.2, -0.15) is 0 Å². The van der Waals surface area contributed by atoms with E-state index < -0.39 is 5.60 Å². The lowest BCUT2D eigenvalue weighted by atomic mass is 9.59. The fourth-order valence-electron chi connectivity index (χ4n) is 3.60. The van der Waals surface area contributed by atoms with Gasteiger partial charge in [0.25, 0.3) is 0 Å². The molecule has 2 heteroatoms. The number of rotatable bonds is 4. The lowest BCUT2D eigenvalue weighted by Crippen LogP contribution is -2.50. The molecule has 0 aromatic heterocycles. The van der Waals surface area contributed by atoms with E-state index in [1.807, 2.05) is 37.3 Å². The molecular formula is C17H27NO. The van der Waals surface area contributed by atoms with Gasteiger partial charge >= 0.3 is 0 Å². The van der Waals surface area contributed by atoms with E-state index in [1.165, 1.54) is 19.3 Å². The van der Waals surface area contributed by atoms with Crippen molar-refractivity contribution in [2.24, 2.45) is 17.1 Å². The zero-order valence-electron chi connectivity index (χ0n) is 12.2. The largest absolute Gasteiger partial charge is 0.385 e. The second-order valence-corrected chi connectivity index (χ2v) is 6.27. The highest BCUT2D eigenvalue weighted by atomic mass is 16.3. The molecule has 1 aliphatic carbocycles. The fourth-order valence-corrected chi connectivity index (χ4v) is 3.60. The molecule has 0 radical (unpaired) electrons. The molecule has 3 N–H and O–H groups in total. The fraction of sp³-hybridized carbons (Fsp3) is 0.647. The van der Waals surface area contributed by atoms with Gasteiger partial charge in [-0.3, -0.25) is 0 Å². The molecule has 0 spiro atoms. The second kappa shape index (κ2) is 5.64. The number of nitrogens with two attached hydrogens (primary N) is 1. The van der Waals surface area contributed by atoms with E-state index in [0.717, 1.165) is 24.3 Å². The maximum atomic E-state index is 11.1. The Morgan fingerprint density at radius 2 is 1.84 bits per heavy atom. The molecule has 1 saturated carbocycles. The zero-order valence-corrected chi connectivity index (χ0v) is 12.2. The molecule has 1 unspecified atom stereocenters. The maximum absolute atomic E-state index is 11.1. The highest BCUT2D eigenvalue weighted by Crippen LogP contribution is 2.50. The Morgan fingerprint density at radius 1 is 1.26 bits per heavy atom. The third-order valence-corrected chi connectivity index (χ3v) is 5.40. The van der Waals surface area contributed by atoms with Gasteiger partial charge in [-0.1, -0.05) is 43.7 Å². The standard InChI is InChI=1S/C17H27NO/c1-3-14-9-11-17(13-18,12-10-14)16(2,19)15-7-5-4-6-8-15/h4-8,14,19H,3,9-13,18H2,1-2H3. The predicted octanol–water partition coefficient (Wildman–Crippen LogP) is 3.44. The normalized spacial score (nSPS) is 30.8. The van der Waals surface area contributed by atoms with Crippen molar-refractivity contribution in [3.63, 3.8) is 0 Å². The quantitative estimate of drug-likeness (QED) is 0.872. The minimum atomic E-state index is -0.832. The summed E-state index contributed by atoms with van der Waals surface area (Å²) in [4.78, 5) is 0. The van der Waals surface area contributed by atoms with Gasteiger partial charge in [-0.25, -0.2) is 0 Å². The highest BCUT2D eigenvalue weighted by Gasteiger charge is 2.48. The van der Waals surface area contributed by atoms with Gasteiger partial charge in [0.15, 0.2) is 0 Å². The van der Waals surface area contributed by atoms with E-state index in [-0.39, 0.29) is 5.41 Å². The minimum absolute atomic E-state index is 0.167. The van der Waals surface area contributed by atoms with Gasteiger partial charge in [0.1, 0.15) is 0 Å². The molecule has 0 amide bonds. The van der Waals surface area contributed by atoms with Crippen molar-refractivity contribution >= 4 is 0 Å². The molecular weight excluding hydrogens is 234 g/mol. The first kappa shape index (κ1) is 14.5. The Bertz CT molecular complexity index is 391. The first-order valence-electron chi connectivity index (χ1n) is 7.54.